The van der Waals surface area contributed by atoms with Crippen LogP contribution in [0.15, 0.2) is 42.5 Å². The molecule has 19 heavy (non-hydrogen) atoms. The molecule has 0 radical (unpaired) electrons. The number of nitrogens with two attached hydrogens (primary N) is 1. The summed E-state index contributed by atoms with van der Waals surface area (Å²) < 4.78 is 0. The first-order valence-corrected chi connectivity index (χ1v) is 6.92. The van der Waals surface area contributed by atoms with Gasteiger partial charge in [-0.05, 0) is 29.2 Å². The Morgan fingerprint density at radius 3 is 2.42 bits per heavy atom. The highest BCUT2D eigenvalue weighted by molar-refractivity contribution is 6.42. The number of rotatable bonds is 4. The minimum Gasteiger partial charge on any atom is -0.271 e. The first kappa shape index (κ1) is 14.4. The lowest BCUT2D eigenvalue weighted by atomic mass is 9.94. The molecule has 0 fully saturated rings. The molecule has 2 rings (SSSR count). The number of aryl methyl sites for hydroxylation is 1. The second kappa shape index (κ2) is 6.40. The number of nitrogens with one attached hydrogen (secondary N) is 1. The summed E-state index contributed by atoms with van der Waals surface area (Å²) in [5.74, 6) is 5.73. The predicted octanol–water partition coefficient (Wildman–Crippen LogP) is 4.11. The van der Waals surface area contributed by atoms with Crippen LogP contribution in [0.3, 0.4) is 0 Å². The molecule has 0 saturated carbocycles. The molecule has 0 aliphatic carbocycles. The smallest absolute Gasteiger partial charge is 0.0727 e. The second-order valence-electron chi connectivity index (χ2n) is 4.30. The zero-order chi connectivity index (χ0) is 13.8. The minimum absolute atomic E-state index is 0.164. The summed E-state index contributed by atoms with van der Waals surface area (Å²) in [4.78, 5) is 0. The van der Waals surface area contributed by atoms with Crippen molar-refractivity contribution in [1.82, 2.24) is 5.43 Å². The van der Waals surface area contributed by atoms with Gasteiger partial charge in [-0.2, -0.15) is 0 Å². The maximum Gasteiger partial charge on any atom is 0.0727 e. The quantitative estimate of drug-likeness (QED) is 0.658. The number of hydrogen-bond donors (Lipinski definition) is 2. The number of hydrogen-bond acceptors (Lipinski definition) is 2. The number of benzene rings is 2. The number of hydrazine groups is 1. The average molecular weight is 295 g/mol. The molecular formula is C15H16Cl2N2. The summed E-state index contributed by atoms with van der Waals surface area (Å²) in [7, 11) is 0. The van der Waals surface area contributed by atoms with Crippen LogP contribution in [0.25, 0.3) is 0 Å². The molecule has 0 aliphatic heterocycles. The predicted molar refractivity (Wildman–Crippen MR) is 81.4 cm³/mol. The molecule has 0 bridgehead atoms. The van der Waals surface area contributed by atoms with Crippen LogP contribution >= 0.6 is 23.2 Å². The molecule has 1 atom stereocenters. The minimum atomic E-state index is -0.164. The van der Waals surface area contributed by atoms with Crippen molar-refractivity contribution in [2.45, 2.75) is 19.4 Å². The molecule has 4 heteroatoms. The van der Waals surface area contributed by atoms with Crippen LogP contribution in [-0.2, 0) is 6.42 Å². The number of halogens is 2. The van der Waals surface area contributed by atoms with Gasteiger partial charge in [0.1, 0.15) is 0 Å². The SMILES string of the molecule is CCc1ccccc1C(NN)c1cccc(Cl)c1Cl. The molecule has 0 heterocycles. The van der Waals surface area contributed by atoms with Gasteiger partial charge in [0.25, 0.3) is 0 Å². The van der Waals surface area contributed by atoms with E-state index in [0.29, 0.717) is 10.0 Å². The van der Waals surface area contributed by atoms with Gasteiger partial charge >= 0.3 is 0 Å². The Labute approximate surface area is 123 Å². The highest BCUT2D eigenvalue weighted by Crippen LogP contribution is 2.33. The van der Waals surface area contributed by atoms with E-state index < -0.39 is 0 Å². The van der Waals surface area contributed by atoms with E-state index in [1.165, 1.54) is 5.56 Å². The molecule has 100 valence electrons. The third-order valence-corrected chi connectivity index (χ3v) is 4.04. The zero-order valence-corrected chi connectivity index (χ0v) is 12.2. The molecular weight excluding hydrogens is 279 g/mol. The Kier molecular flexibility index (Phi) is 4.83. The first-order valence-electron chi connectivity index (χ1n) is 6.16. The van der Waals surface area contributed by atoms with Gasteiger partial charge in [0.05, 0.1) is 16.1 Å². The van der Waals surface area contributed by atoms with Gasteiger partial charge in [0, 0.05) is 0 Å². The molecule has 0 aromatic heterocycles. The summed E-state index contributed by atoms with van der Waals surface area (Å²) >= 11 is 12.4. The Morgan fingerprint density at radius 2 is 1.74 bits per heavy atom. The molecule has 3 N–H and O–H groups in total. The molecule has 1 unspecified atom stereocenters. The summed E-state index contributed by atoms with van der Waals surface area (Å²) in [6.45, 7) is 2.12. The Hall–Kier alpha value is -1.06. The third-order valence-electron chi connectivity index (χ3n) is 3.21. The van der Waals surface area contributed by atoms with Crippen molar-refractivity contribution in [3.63, 3.8) is 0 Å². The van der Waals surface area contributed by atoms with Crippen LogP contribution in [0, 0.1) is 0 Å². The van der Waals surface area contributed by atoms with Gasteiger partial charge in [-0.15, -0.1) is 0 Å². The largest absolute Gasteiger partial charge is 0.271 e. The average Bonchev–Trinajstić information content (AvgIpc) is 2.45. The van der Waals surface area contributed by atoms with Crippen molar-refractivity contribution in [3.8, 4) is 0 Å². The fraction of sp³-hybridized carbons (Fsp3) is 0.200. The third kappa shape index (κ3) is 2.93. The zero-order valence-electron chi connectivity index (χ0n) is 10.7. The molecule has 0 spiro atoms. The van der Waals surface area contributed by atoms with Gasteiger partial charge < -0.3 is 0 Å². The van der Waals surface area contributed by atoms with E-state index in [-0.39, 0.29) is 6.04 Å². The molecule has 2 nitrogen and oxygen atoms in total. The summed E-state index contributed by atoms with van der Waals surface area (Å²) in [6.07, 6.45) is 0.937. The van der Waals surface area contributed by atoms with Gasteiger partial charge in [-0.3, -0.25) is 5.84 Å². The van der Waals surface area contributed by atoms with Crippen molar-refractivity contribution in [3.05, 3.63) is 69.2 Å². The van der Waals surface area contributed by atoms with E-state index >= 15 is 0 Å². The van der Waals surface area contributed by atoms with Crippen molar-refractivity contribution in [2.75, 3.05) is 0 Å². The first-order chi connectivity index (χ1) is 9.19. The van der Waals surface area contributed by atoms with Crippen LogP contribution in [0.1, 0.15) is 29.7 Å². The maximum absolute atomic E-state index is 6.28. The topological polar surface area (TPSA) is 38.0 Å². The van der Waals surface area contributed by atoms with E-state index in [4.69, 9.17) is 29.0 Å². The van der Waals surface area contributed by atoms with E-state index in [0.717, 1.165) is 17.5 Å². The Bertz CT molecular complexity index is 570. The normalized spacial score (nSPS) is 12.4. The van der Waals surface area contributed by atoms with Gasteiger partial charge in [0.2, 0.25) is 0 Å². The van der Waals surface area contributed by atoms with Gasteiger partial charge in [-0.25, -0.2) is 5.43 Å². The molecule has 2 aromatic carbocycles. The summed E-state index contributed by atoms with van der Waals surface area (Å²) in [5.41, 5.74) is 6.08. The van der Waals surface area contributed by atoms with E-state index in [9.17, 15) is 0 Å². The lowest BCUT2D eigenvalue weighted by Gasteiger charge is -2.21. The van der Waals surface area contributed by atoms with E-state index in [1.54, 1.807) is 6.07 Å². The van der Waals surface area contributed by atoms with E-state index in [1.807, 2.05) is 24.3 Å². The van der Waals surface area contributed by atoms with Gasteiger partial charge in [-0.1, -0.05) is 66.5 Å². The summed E-state index contributed by atoms with van der Waals surface area (Å²) in [5, 5.41) is 1.08. The van der Waals surface area contributed by atoms with E-state index in [2.05, 4.69) is 24.5 Å². The molecule has 0 amide bonds. The van der Waals surface area contributed by atoms with Crippen LogP contribution in [0.4, 0.5) is 0 Å². The van der Waals surface area contributed by atoms with Crippen LogP contribution in [-0.4, -0.2) is 0 Å². The maximum atomic E-state index is 6.28. The Balaban J connectivity index is 2.53. The fourth-order valence-electron chi connectivity index (χ4n) is 2.23. The highest BCUT2D eigenvalue weighted by Gasteiger charge is 2.18. The fourth-order valence-corrected chi connectivity index (χ4v) is 2.65. The highest BCUT2D eigenvalue weighted by atomic mass is 35.5. The lowest BCUT2D eigenvalue weighted by Crippen LogP contribution is -2.29. The Morgan fingerprint density at radius 1 is 1.05 bits per heavy atom. The summed E-state index contributed by atoms with van der Waals surface area (Å²) in [6, 6.07) is 13.6. The van der Waals surface area contributed by atoms with Crippen molar-refractivity contribution in [1.29, 1.82) is 0 Å². The van der Waals surface area contributed by atoms with Crippen molar-refractivity contribution in [2.24, 2.45) is 5.84 Å². The molecule has 2 aromatic rings. The van der Waals surface area contributed by atoms with Crippen molar-refractivity contribution < 1.29 is 0 Å². The molecule has 0 aliphatic rings. The van der Waals surface area contributed by atoms with Gasteiger partial charge in [0.15, 0.2) is 0 Å². The van der Waals surface area contributed by atoms with Crippen LogP contribution < -0.4 is 11.3 Å². The monoisotopic (exact) mass is 294 g/mol. The standard InChI is InChI=1S/C15H16Cl2N2/c1-2-10-6-3-4-7-11(10)15(19-18)12-8-5-9-13(16)14(12)17/h3-9,15,19H,2,18H2,1H3. The lowest BCUT2D eigenvalue weighted by molar-refractivity contribution is 0.631. The van der Waals surface area contributed by atoms with Crippen molar-refractivity contribution >= 4 is 23.2 Å². The van der Waals surface area contributed by atoms with Crippen LogP contribution in [0.2, 0.25) is 10.0 Å². The second-order valence-corrected chi connectivity index (χ2v) is 5.08. The van der Waals surface area contributed by atoms with Crippen LogP contribution in [0.5, 0.6) is 0 Å². The molecule has 0 saturated heterocycles.